The Labute approximate surface area is 130 Å². The minimum absolute atomic E-state index is 0.0370. The van der Waals surface area contributed by atoms with Gasteiger partial charge in [-0.2, -0.15) is 4.31 Å². The SMILES string of the molecule is CNCC1CCN(S(=O)(=O)c2cc([N+](=O)[O-])c(C)cc2C)C1. The van der Waals surface area contributed by atoms with Crippen LogP contribution in [0.1, 0.15) is 17.5 Å². The fraction of sp³-hybridized carbons (Fsp3) is 0.571. The van der Waals surface area contributed by atoms with Crippen molar-refractivity contribution >= 4 is 15.7 Å². The molecule has 1 heterocycles. The standard InChI is InChI=1S/C14H21N3O4S/c1-10-6-11(2)14(7-13(10)17(18)19)22(20,21)16-5-4-12(9-16)8-15-3/h6-7,12,15H,4-5,8-9H2,1-3H3. The summed E-state index contributed by atoms with van der Waals surface area (Å²) in [4.78, 5) is 10.6. The zero-order chi connectivity index (χ0) is 16.5. The molecule has 2 rings (SSSR count). The van der Waals surface area contributed by atoms with Crippen molar-refractivity contribution < 1.29 is 13.3 Å². The van der Waals surface area contributed by atoms with Crippen molar-refractivity contribution in [3.05, 3.63) is 33.4 Å². The average Bonchev–Trinajstić information content (AvgIpc) is 2.87. The lowest BCUT2D eigenvalue weighted by Crippen LogP contribution is -2.31. The maximum absolute atomic E-state index is 12.8. The lowest BCUT2D eigenvalue weighted by molar-refractivity contribution is -0.385. The first-order chi connectivity index (χ1) is 10.3. The number of nitro groups is 1. The van der Waals surface area contributed by atoms with Crippen LogP contribution in [0, 0.1) is 29.9 Å². The third-order valence-corrected chi connectivity index (χ3v) is 6.06. The Kier molecular flexibility index (Phi) is 4.84. The van der Waals surface area contributed by atoms with E-state index >= 15 is 0 Å². The Morgan fingerprint density at radius 3 is 2.64 bits per heavy atom. The number of hydrogen-bond donors (Lipinski definition) is 1. The van der Waals surface area contributed by atoms with Gasteiger partial charge >= 0.3 is 0 Å². The second-order valence-electron chi connectivity index (χ2n) is 5.74. The molecule has 122 valence electrons. The molecule has 1 aromatic carbocycles. The molecule has 22 heavy (non-hydrogen) atoms. The molecule has 0 bridgehead atoms. The van der Waals surface area contributed by atoms with Crippen LogP contribution in [0.2, 0.25) is 0 Å². The first-order valence-electron chi connectivity index (χ1n) is 7.17. The number of nitrogens with one attached hydrogen (secondary N) is 1. The maximum Gasteiger partial charge on any atom is 0.273 e. The van der Waals surface area contributed by atoms with E-state index in [0.29, 0.717) is 24.2 Å². The van der Waals surface area contributed by atoms with E-state index in [1.807, 2.05) is 7.05 Å². The van der Waals surface area contributed by atoms with Crippen molar-refractivity contribution in [1.82, 2.24) is 9.62 Å². The van der Waals surface area contributed by atoms with E-state index in [9.17, 15) is 18.5 Å². The van der Waals surface area contributed by atoms with Crippen molar-refractivity contribution in [1.29, 1.82) is 0 Å². The Balaban J connectivity index is 2.38. The molecule has 0 radical (unpaired) electrons. The molecule has 0 amide bonds. The summed E-state index contributed by atoms with van der Waals surface area (Å²) in [5, 5.41) is 14.1. The highest BCUT2D eigenvalue weighted by atomic mass is 32.2. The Bertz CT molecular complexity index is 688. The predicted octanol–water partition coefficient (Wildman–Crippen LogP) is 1.44. The third kappa shape index (κ3) is 3.13. The fourth-order valence-electron chi connectivity index (χ4n) is 2.91. The van der Waals surface area contributed by atoms with Crippen LogP contribution >= 0.6 is 0 Å². The average molecular weight is 327 g/mol. The van der Waals surface area contributed by atoms with Gasteiger partial charge in [-0.25, -0.2) is 8.42 Å². The molecule has 1 aromatic rings. The Morgan fingerprint density at radius 1 is 1.36 bits per heavy atom. The molecule has 0 spiro atoms. The molecule has 1 saturated heterocycles. The van der Waals surface area contributed by atoms with Crippen molar-refractivity contribution in [3.8, 4) is 0 Å². The van der Waals surface area contributed by atoms with Crippen molar-refractivity contribution in [2.45, 2.75) is 25.2 Å². The summed E-state index contributed by atoms with van der Waals surface area (Å²) in [6.07, 6.45) is 0.799. The number of sulfonamides is 1. The molecule has 7 nitrogen and oxygen atoms in total. The highest BCUT2D eigenvalue weighted by molar-refractivity contribution is 7.89. The van der Waals surface area contributed by atoms with Gasteiger partial charge in [0.25, 0.3) is 5.69 Å². The van der Waals surface area contributed by atoms with E-state index in [4.69, 9.17) is 0 Å². The molecule has 1 fully saturated rings. The van der Waals surface area contributed by atoms with E-state index in [0.717, 1.165) is 13.0 Å². The van der Waals surface area contributed by atoms with Crippen LogP contribution in [0.15, 0.2) is 17.0 Å². The summed E-state index contributed by atoms with van der Waals surface area (Å²) in [7, 11) is -1.85. The minimum atomic E-state index is -3.69. The van der Waals surface area contributed by atoms with Gasteiger partial charge in [0.15, 0.2) is 0 Å². The predicted molar refractivity (Wildman–Crippen MR) is 83.4 cm³/mol. The number of nitro benzene ring substituents is 1. The molecule has 8 heteroatoms. The molecule has 1 atom stereocenters. The quantitative estimate of drug-likeness (QED) is 0.652. The number of aryl methyl sites for hydroxylation is 2. The molecular weight excluding hydrogens is 306 g/mol. The highest BCUT2D eigenvalue weighted by Crippen LogP contribution is 2.30. The van der Waals surface area contributed by atoms with Crippen LogP contribution in [0.25, 0.3) is 0 Å². The molecule has 0 saturated carbocycles. The maximum atomic E-state index is 12.8. The first-order valence-corrected chi connectivity index (χ1v) is 8.61. The van der Waals surface area contributed by atoms with Gasteiger partial charge in [0, 0.05) is 24.7 Å². The second kappa shape index (κ2) is 6.31. The molecule has 1 aliphatic heterocycles. The Morgan fingerprint density at radius 2 is 2.05 bits per heavy atom. The van der Waals surface area contributed by atoms with E-state index in [1.165, 1.54) is 10.4 Å². The third-order valence-electron chi connectivity index (χ3n) is 4.05. The van der Waals surface area contributed by atoms with Crippen LogP contribution in [-0.4, -0.2) is 44.3 Å². The zero-order valence-corrected chi connectivity index (χ0v) is 13.8. The van der Waals surface area contributed by atoms with Crippen molar-refractivity contribution in [2.24, 2.45) is 5.92 Å². The van der Waals surface area contributed by atoms with Crippen molar-refractivity contribution in [2.75, 3.05) is 26.7 Å². The summed E-state index contributed by atoms with van der Waals surface area (Å²) in [6, 6.07) is 2.75. The van der Waals surface area contributed by atoms with E-state index < -0.39 is 14.9 Å². The van der Waals surface area contributed by atoms with Gasteiger partial charge in [-0.15, -0.1) is 0 Å². The molecule has 1 unspecified atom stereocenters. The Hall–Kier alpha value is -1.51. The zero-order valence-electron chi connectivity index (χ0n) is 13.0. The number of nitrogens with zero attached hydrogens (tertiary/aromatic N) is 2. The van der Waals surface area contributed by atoms with Crippen LogP contribution in [-0.2, 0) is 10.0 Å². The molecule has 1 aliphatic rings. The van der Waals surface area contributed by atoms with Gasteiger partial charge in [-0.1, -0.05) is 0 Å². The van der Waals surface area contributed by atoms with Crippen molar-refractivity contribution in [3.63, 3.8) is 0 Å². The molecule has 0 aromatic heterocycles. The molecular formula is C14H21N3O4S. The van der Waals surface area contributed by atoms with Gasteiger partial charge in [0.1, 0.15) is 0 Å². The van der Waals surface area contributed by atoms with Gasteiger partial charge < -0.3 is 5.32 Å². The molecule has 1 N–H and O–H groups in total. The smallest absolute Gasteiger partial charge is 0.273 e. The summed E-state index contributed by atoms with van der Waals surface area (Å²) in [5.41, 5.74) is 0.853. The largest absolute Gasteiger partial charge is 0.319 e. The first kappa shape index (κ1) is 16.9. The fourth-order valence-corrected chi connectivity index (χ4v) is 4.66. The number of hydrogen-bond acceptors (Lipinski definition) is 5. The van der Waals surface area contributed by atoms with E-state index in [1.54, 1.807) is 19.9 Å². The lowest BCUT2D eigenvalue weighted by atomic mass is 10.1. The topological polar surface area (TPSA) is 92.6 Å². The van der Waals surface area contributed by atoms with Gasteiger partial charge in [0.05, 0.1) is 9.82 Å². The normalized spacial score (nSPS) is 19.5. The van der Waals surface area contributed by atoms with E-state index in [2.05, 4.69) is 5.32 Å². The summed E-state index contributed by atoms with van der Waals surface area (Å²) < 4.78 is 27.0. The minimum Gasteiger partial charge on any atom is -0.319 e. The van der Waals surface area contributed by atoms with Gasteiger partial charge in [-0.05, 0) is 51.4 Å². The van der Waals surface area contributed by atoms with Crippen LogP contribution in [0.4, 0.5) is 5.69 Å². The monoisotopic (exact) mass is 327 g/mol. The van der Waals surface area contributed by atoms with Crippen LogP contribution < -0.4 is 5.32 Å². The number of rotatable bonds is 5. The van der Waals surface area contributed by atoms with E-state index in [-0.39, 0.29) is 16.5 Å². The number of benzene rings is 1. The summed E-state index contributed by atoms with van der Waals surface area (Å²) in [5.74, 6) is 0.278. The van der Waals surface area contributed by atoms with Gasteiger partial charge in [-0.3, -0.25) is 10.1 Å². The summed E-state index contributed by atoms with van der Waals surface area (Å²) >= 11 is 0. The summed E-state index contributed by atoms with van der Waals surface area (Å²) in [6.45, 7) is 4.95. The highest BCUT2D eigenvalue weighted by Gasteiger charge is 2.34. The van der Waals surface area contributed by atoms with Gasteiger partial charge in [0.2, 0.25) is 10.0 Å². The second-order valence-corrected chi connectivity index (χ2v) is 7.64. The lowest BCUT2D eigenvalue weighted by Gasteiger charge is -2.18. The van der Waals surface area contributed by atoms with Crippen LogP contribution in [0.5, 0.6) is 0 Å². The van der Waals surface area contributed by atoms with Crippen LogP contribution in [0.3, 0.4) is 0 Å². The molecule has 0 aliphatic carbocycles.